The number of piperidine rings is 1. The van der Waals surface area contributed by atoms with Crippen LogP contribution in [-0.2, 0) is 0 Å². The van der Waals surface area contributed by atoms with E-state index in [0.717, 1.165) is 18.8 Å². The topological polar surface area (TPSA) is 76.4 Å². The fourth-order valence-corrected chi connectivity index (χ4v) is 2.60. The van der Waals surface area contributed by atoms with Gasteiger partial charge in [-0.2, -0.15) is 0 Å². The summed E-state index contributed by atoms with van der Waals surface area (Å²) in [7, 11) is 1.45. The van der Waals surface area contributed by atoms with Crippen LogP contribution >= 0.6 is 0 Å². The second-order valence-electron chi connectivity index (χ2n) is 5.18. The molecular formula is C14H21N3O3. The predicted molar refractivity (Wildman–Crippen MR) is 78.3 cm³/mol. The van der Waals surface area contributed by atoms with Crippen molar-refractivity contribution < 1.29 is 9.66 Å². The lowest BCUT2D eigenvalue weighted by Crippen LogP contribution is -2.38. The van der Waals surface area contributed by atoms with Crippen LogP contribution in [0.25, 0.3) is 0 Å². The van der Waals surface area contributed by atoms with E-state index in [0.29, 0.717) is 12.0 Å². The van der Waals surface area contributed by atoms with Crippen LogP contribution in [0.3, 0.4) is 0 Å². The van der Waals surface area contributed by atoms with Gasteiger partial charge < -0.3 is 15.4 Å². The molecule has 6 heteroatoms. The summed E-state index contributed by atoms with van der Waals surface area (Å²) >= 11 is 0. The zero-order valence-corrected chi connectivity index (χ0v) is 11.9. The Morgan fingerprint density at radius 3 is 2.95 bits per heavy atom. The lowest BCUT2D eigenvalue weighted by Gasteiger charge is -2.29. The summed E-state index contributed by atoms with van der Waals surface area (Å²) in [6.45, 7) is 4.25. The van der Waals surface area contributed by atoms with Crippen molar-refractivity contribution in [2.45, 2.75) is 25.8 Å². The first-order valence-corrected chi connectivity index (χ1v) is 6.91. The standard InChI is InChI=1S/C14H21N3O3/c1-10(11-4-3-7-15-9-11)16-12-5-6-13(17(18)19)14(8-12)20-2/h5-6,8,10-11,15-16H,3-4,7,9H2,1-2H3. The molecule has 2 atom stereocenters. The van der Waals surface area contributed by atoms with Crippen LogP contribution in [0.2, 0.25) is 0 Å². The minimum atomic E-state index is -0.433. The third kappa shape index (κ3) is 3.39. The first-order valence-electron chi connectivity index (χ1n) is 6.91. The molecule has 110 valence electrons. The number of anilines is 1. The molecule has 0 spiro atoms. The largest absolute Gasteiger partial charge is 0.490 e. The maximum Gasteiger partial charge on any atom is 0.311 e. The van der Waals surface area contributed by atoms with Crippen LogP contribution in [-0.4, -0.2) is 31.2 Å². The number of hydrogen-bond acceptors (Lipinski definition) is 5. The number of nitro groups is 1. The Kier molecular flexibility index (Phi) is 4.79. The first kappa shape index (κ1) is 14.6. The average Bonchev–Trinajstić information content (AvgIpc) is 2.47. The number of nitrogens with one attached hydrogen (secondary N) is 2. The molecule has 6 nitrogen and oxygen atoms in total. The maximum atomic E-state index is 10.9. The van der Waals surface area contributed by atoms with E-state index < -0.39 is 4.92 Å². The van der Waals surface area contributed by atoms with E-state index in [1.807, 2.05) is 0 Å². The molecule has 20 heavy (non-hydrogen) atoms. The Labute approximate surface area is 118 Å². The Hall–Kier alpha value is -1.82. The number of nitrogens with zero attached hydrogens (tertiary/aromatic N) is 1. The minimum Gasteiger partial charge on any atom is -0.490 e. The molecular weight excluding hydrogens is 258 g/mol. The van der Waals surface area contributed by atoms with Crippen molar-refractivity contribution >= 4 is 11.4 Å². The summed E-state index contributed by atoms with van der Waals surface area (Å²) in [6, 6.07) is 5.21. The van der Waals surface area contributed by atoms with Crippen molar-refractivity contribution in [2.75, 3.05) is 25.5 Å². The summed E-state index contributed by atoms with van der Waals surface area (Å²) in [5, 5.41) is 17.7. The van der Waals surface area contributed by atoms with Gasteiger partial charge in [0, 0.05) is 23.9 Å². The zero-order valence-electron chi connectivity index (χ0n) is 11.9. The third-order valence-electron chi connectivity index (χ3n) is 3.81. The molecule has 1 aliphatic heterocycles. The molecule has 1 heterocycles. The maximum absolute atomic E-state index is 10.9. The number of methoxy groups -OCH3 is 1. The Bertz CT molecular complexity index is 473. The minimum absolute atomic E-state index is 0.00923. The molecule has 1 aliphatic rings. The molecule has 1 fully saturated rings. The van der Waals surface area contributed by atoms with E-state index in [1.165, 1.54) is 26.0 Å². The lowest BCUT2D eigenvalue weighted by atomic mass is 9.92. The number of rotatable bonds is 5. The molecule has 0 amide bonds. The molecule has 0 aliphatic carbocycles. The highest BCUT2D eigenvalue weighted by atomic mass is 16.6. The number of benzene rings is 1. The smallest absolute Gasteiger partial charge is 0.311 e. The van der Waals surface area contributed by atoms with E-state index in [9.17, 15) is 10.1 Å². The molecule has 1 aromatic rings. The molecule has 0 saturated carbocycles. The predicted octanol–water partition coefficient (Wildman–Crippen LogP) is 2.40. The molecule has 1 aromatic carbocycles. The molecule has 2 N–H and O–H groups in total. The van der Waals surface area contributed by atoms with Gasteiger partial charge in [-0.05, 0) is 44.8 Å². The van der Waals surface area contributed by atoms with E-state index in [2.05, 4.69) is 17.6 Å². The van der Waals surface area contributed by atoms with Gasteiger partial charge in [-0.15, -0.1) is 0 Å². The SMILES string of the molecule is COc1cc(NC(C)C2CCCNC2)ccc1[N+](=O)[O-]. The van der Waals surface area contributed by atoms with Crippen LogP contribution in [0.15, 0.2) is 18.2 Å². The number of ether oxygens (including phenoxy) is 1. The summed E-state index contributed by atoms with van der Waals surface area (Å²) in [5.41, 5.74) is 0.843. The van der Waals surface area contributed by atoms with Crippen LogP contribution < -0.4 is 15.4 Å². The highest BCUT2D eigenvalue weighted by molar-refractivity contribution is 5.58. The van der Waals surface area contributed by atoms with Gasteiger partial charge in [-0.1, -0.05) is 0 Å². The summed E-state index contributed by atoms with van der Waals surface area (Å²) < 4.78 is 5.08. The van der Waals surface area contributed by atoms with Gasteiger partial charge in [0.25, 0.3) is 0 Å². The van der Waals surface area contributed by atoms with Crippen LogP contribution in [0, 0.1) is 16.0 Å². The molecule has 0 aromatic heterocycles. The quantitative estimate of drug-likeness (QED) is 0.639. The fraction of sp³-hybridized carbons (Fsp3) is 0.571. The Morgan fingerprint density at radius 2 is 2.35 bits per heavy atom. The summed E-state index contributed by atoms with van der Waals surface area (Å²) in [6.07, 6.45) is 2.39. The first-order chi connectivity index (χ1) is 9.61. The Morgan fingerprint density at radius 1 is 1.55 bits per heavy atom. The second-order valence-corrected chi connectivity index (χ2v) is 5.18. The van der Waals surface area contributed by atoms with Crippen molar-refractivity contribution in [1.82, 2.24) is 5.32 Å². The highest BCUT2D eigenvalue weighted by Gasteiger charge is 2.21. The molecule has 2 rings (SSSR count). The van der Waals surface area contributed by atoms with Crippen LogP contribution in [0.1, 0.15) is 19.8 Å². The summed E-state index contributed by atoms with van der Waals surface area (Å²) in [4.78, 5) is 10.4. The number of nitro benzene ring substituents is 1. The molecule has 1 saturated heterocycles. The summed E-state index contributed by atoms with van der Waals surface area (Å²) in [5.74, 6) is 0.860. The molecule has 2 unspecified atom stereocenters. The van der Waals surface area contributed by atoms with E-state index in [4.69, 9.17) is 4.74 Å². The third-order valence-corrected chi connectivity index (χ3v) is 3.81. The van der Waals surface area contributed by atoms with Gasteiger partial charge in [0.1, 0.15) is 0 Å². The van der Waals surface area contributed by atoms with Crippen molar-refractivity contribution in [3.05, 3.63) is 28.3 Å². The molecule has 0 bridgehead atoms. The highest BCUT2D eigenvalue weighted by Crippen LogP contribution is 2.30. The normalized spacial score (nSPS) is 20.2. The van der Waals surface area contributed by atoms with E-state index >= 15 is 0 Å². The molecule has 0 radical (unpaired) electrons. The van der Waals surface area contributed by atoms with Crippen molar-refractivity contribution in [3.8, 4) is 5.75 Å². The van der Waals surface area contributed by atoms with Gasteiger partial charge in [0.2, 0.25) is 0 Å². The van der Waals surface area contributed by atoms with Gasteiger partial charge in [0.15, 0.2) is 5.75 Å². The van der Waals surface area contributed by atoms with Crippen molar-refractivity contribution in [1.29, 1.82) is 0 Å². The van der Waals surface area contributed by atoms with Gasteiger partial charge in [-0.3, -0.25) is 10.1 Å². The van der Waals surface area contributed by atoms with Crippen molar-refractivity contribution in [3.63, 3.8) is 0 Å². The monoisotopic (exact) mass is 279 g/mol. The zero-order chi connectivity index (χ0) is 14.5. The van der Waals surface area contributed by atoms with Gasteiger partial charge in [-0.25, -0.2) is 0 Å². The van der Waals surface area contributed by atoms with Crippen LogP contribution in [0.5, 0.6) is 5.75 Å². The van der Waals surface area contributed by atoms with Crippen molar-refractivity contribution in [2.24, 2.45) is 5.92 Å². The lowest BCUT2D eigenvalue weighted by molar-refractivity contribution is -0.385. The van der Waals surface area contributed by atoms with Gasteiger partial charge in [0.05, 0.1) is 12.0 Å². The van der Waals surface area contributed by atoms with E-state index in [-0.39, 0.29) is 11.4 Å². The average molecular weight is 279 g/mol. The number of hydrogen-bond donors (Lipinski definition) is 2. The fourth-order valence-electron chi connectivity index (χ4n) is 2.60. The van der Waals surface area contributed by atoms with Crippen LogP contribution in [0.4, 0.5) is 11.4 Å². The Balaban J connectivity index is 2.07. The van der Waals surface area contributed by atoms with Gasteiger partial charge >= 0.3 is 5.69 Å². The second kappa shape index (κ2) is 6.56. The van der Waals surface area contributed by atoms with E-state index in [1.54, 1.807) is 12.1 Å².